The van der Waals surface area contributed by atoms with Gasteiger partial charge in [0, 0.05) is 18.8 Å². The van der Waals surface area contributed by atoms with Gasteiger partial charge in [-0.3, -0.25) is 4.79 Å². The molecule has 0 bridgehead atoms. The number of nitrogens with one attached hydrogen (secondary N) is 2. The quantitative estimate of drug-likeness (QED) is 0.828. The molecule has 2 fully saturated rings. The number of rotatable bonds is 5. The summed E-state index contributed by atoms with van der Waals surface area (Å²) in [6.45, 7) is 5.41. The lowest BCUT2D eigenvalue weighted by atomic mass is 10.1. The molecule has 4 rings (SSSR count). The Morgan fingerprint density at radius 1 is 1.11 bits per heavy atom. The van der Waals surface area contributed by atoms with Crippen LogP contribution in [0.2, 0.25) is 0 Å². The van der Waals surface area contributed by atoms with Crippen LogP contribution in [0.4, 0.5) is 11.5 Å². The third kappa shape index (κ3) is 4.59. The molecule has 28 heavy (non-hydrogen) atoms. The molecule has 3 heterocycles. The van der Waals surface area contributed by atoms with Gasteiger partial charge in [0.15, 0.2) is 5.82 Å². The van der Waals surface area contributed by atoms with Crippen LogP contribution in [0.1, 0.15) is 25.0 Å². The van der Waals surface area contributed by atoms with Crippen molar-refractivity contribution in [1.29, 1.82) is 0 Å². The molecular weight excluding hydrogens is 354 g/mol. The predicted octanol–water partition coefficient (Wildman–Crippen LogP) is 2.38. The van der Waals surface area contributed by atoms with Crippen molar-refractivity contribution in [3.05, 3.63) is 42.1 Å². The van der Waals surface area contributed by atoms with E-state index in [2.05, 4.69) is 25.7 Å². The number of hydrogen-bond acceptors (Lipinski definition) is 6. The molecule has 0 spiro atoms. The molecule has 1 amide bonds. The number of ether oxygens (including phenoxy) is 1. The average molecular weight is 381 g/mol. The summed E-state index contributed by atoms with van der Waals surface area (Å²) in [5.41, 5.74) is 1.70. The zero-order valence-corrected chi connectivity index (χ0v) is 16.2. The molecule has 148 valence electrons. The SMILES string of the molecule is Cc1ccc(N2CC[C@H](C(=O)Nc3ccc(OC4CCNCC4)cc3)C2)nn1. The second-order valence-electron chi connectivity index (χ2n) is 7.55. The zero-order valence-electron chi connectivity index (χ0n) is 16.2. The van der Waals surface area contributed by atoms with Crippen LogP contribution >= 0.6 is 0 Å². The van der Waals surface area contributed by atoms with E-state index in [9.17, 15) is 4.79 Å². The van der Waals surface area contributed by atoms with Gasteiger partial charge >= 0.3 is 0 Å². The monoisotopic (exact) mass is 381 g/mol. The zero-order chi connectivity index (χ0) is 19.3. The van der Waals surface area contributed by atoms with Gasteiger partial charge in [0.1, 0.15) is 11.9 Å². The maximum atomic E-state index is 12.6. The molecule has 7 nitrogen and oxygen atoms in total. The summed E-state index contributed by atoms with van der Waals surface area (Å²) in [5, 5.41) is 14.7. The number of aryl methyl sites for hydroxylation is 1. The van der Waals surface area contributed by atoms with Crippen molar-refractivity contribution in [2.24, 2.45) is 5.92 Å². The van der Waals surface area contributed by atoms with E-state index in [1.165, 1.54) is 0 Å². The maximum absolute atomic E-state index is 12.6. The van der Waals surface area contributed by atoms with E-state index in [0.717, 1.165) is 61.8 Å². The van der Waals surface area contributed by atoms with Crippen LogP contribution in [0, 0.1) is 12.8 Å². The molecule has 2 N–H and O–H groups in total. The Labute approximate surface area is 165 Å². The van der Waals surface area contributed by atoms with Crippen molar-refractivity contribution in [1.82, 2.24) is 15.5 Å². The third-order valence-corrected chi connectivity index (χ3v) is 5.38. The van der Waals surface area contributed by atoms with Crippen LogP contribution in [0.5, 0.6) is 5.75 Å². The van der Waals surface area contributed by atoms with Gasteiger partial charge in [-0.2, -0.15) is 5.10 Å². The van der Waals surface area contributed by atoms with Crippen LogP contribution in [0.25, 0.3) is 0 Å². The Kier molecular flexibility index (Phi) is 5.71. The molecule has 2 saturated heterocycles. The minimum atomic E-state index is -0.0474. The number of hydrogen-bond donors (Lipinski definition) is 2. The van der Waals surface area contributed by atoms with Gasteiger partial charge in [0.05, 0.1) is 11.6 Å². The molecule has 0 saturated carbocycles. The smallest absolute Gasteiger partial charge is 0.229 e. The molecule has 0 radical (unpaired) electrons. The maximum Gasteiger partial charge on any atom is 0.229 e. The van der Waals surface area contributed by atoms with Gasteiger partial charge in [0.25, 0.3) is 0 Å². The summed E-state index contributed by atoms with van der Waals surface area (Å²) in [4.78, 5) is 14.8. The number of anilines is 2. The summed E-state index contributed by atoms with van der Waals surface area (Å²) in [6, 6.07) is 11.6. The Balaban J connectivity index is 1.29. The van der Waals surface area contributed by atoms with E-state index < -0.39 is 0 Å². The first-order valence-electron chi connectivity index (χ1n) is 10.0. The van der Waals surface area contributed by atoms with E-state index in [1.807, 2.05) is 43.3 Å². The van der Waals surface area contributed by atoms with E-state index in [1.54, 1.807) is 0 Å². The molecule has 1 aromatic carbocycles. The number of nitrogens with zero attached hydrogens (tertiary/aromatic N) is 3. The van der Waals surface area contributed by atoms with E-state index in [4.69, 9.17) is 4.74 Å². The Morgan fingerprint density at radius 3 is 2.61 bits per heavy atom. The fraction of sp³-hybridized carbons (Fsp3) is 0.476. The second kappa shape index (κ2) is 8.56. The van der Waals surface area contributed by atoms with Crippen LogP contribution in [-0.2, 0) is 4.79 Å². The average Bonchev–Trinajstić information content (AvgIpc) is 3.21. The summed E-state index contributed by atoms with van der Waals surface area (Å²) in [7, 11) is 0. The van der Waals surface area contributed by atoms with Crippen molar-refractivity contribution in [3.8, 4) is 5.75 Å². The molecule has 7 heteroatoms. The number of carbonyl (C=O) groups is 1. The predicted molar refractivity (Wildman–Crippen MR) is 109 cm³/mol. The highest BCUT2D eigenvalue weighted by Crippen LogP contribution is 2.24. The highest BCUT2D eigenvalue weighted by atomic mass is 16.5. The minimum absolute atomic E-state index is 0.0474. The second-order valence-corrected chi connectivity index (χ2v) is 7.55. The first-order chi connectivity index (χ1) is 13.7. The van der Waals surface area contributed by atoms with Crippen molar-refractivity contribution >= 4 is 17.4 Å². The van der Waals surface area contributed by atoms with Gasteiger partial charge in [-0.05, 0) is 75.7 Å². The highest BCUT2D eigenvalue weighted by Gasteiger charge is 2.29. The standard InChI is InChI=1S/C21H27N5O2/c1-15-2-7-20(25-24-15)26-13-10-16(14-26)21(27)23-17-3-5-18(6-4-17)28-19-8-11-22-12-9-19/h2-7,16,19,22H,8-14H2,1H3,(H,23,27)/t16-/m0/s1. The highest BCUT2D eigenvalue weighted by molar-refractivity contribution is 5.93. The molecule has 2 aliphatic rings. The van der Waals surface area contributed by atoms with E-state index in [-0.39, 0.29) is 17.9 Å². The number of aromatic nitrogens is 2. The molecule has 2 aliphatic heterocycles. The van der Waals surface area contributed by atoms with Gasteiger partial charge < -0.3 is 20.3 Å². The molecule has 0 unspecified atom stereocenters. The molecular formula is C21H27N5O2. The van der Waals surface area contributed by atoms with Gasteiger partial charge in [-0.1, -0.05) is 0 Å². The lowest BCUT2D eigenvalue weighted by Crippen LogP contribution is -2.34. The lowest BCUT2D eigenvalue weighted by molar-refractivity contribution is -0.119. The molecule has 2 aromatic rings. The molecule has 1 atom stereocenters. The van der Waals surface area contributed by atoms with Crippen LogP contribution in [0.15, 0.2) is 36.4 Å². The van der Waals surface area contributed by atoms with Crippen molar-refractivity contribution < 1.29 is 9.53 Å². The Bertz CT molecular complexity index is 787. The number of amides is 1. The third-order valence-electron chi connectivity index (χ3n) is 5.38. The number of piperidine rings is 1. The largest absolute Gasteiger partial charge is 0.490 e. The summed E-state index contributed by atoms with van der Waals surface area (Å²) < 4.78 is 6.01. The summed E-state index contributed by atoms with van der Waals surface area (Å²) in [5.74, 6) is 1.69. The molecule has 0 aliphatic carbocycles. The normalized spacial score (nSPS) is 20.2. The Hall–Kier alpha value is -2.67. The van der Waals surface area contributed by atoms with Gasteiger partial charge in [0.2, 0.25) is 5.91 Å². The first kappa shape index (κ1) is 18.7. The van der Waals surface area contributed by atoms with E-state index in [0.29, 0.717) is 6.54 Å². The van der Waals surface area contributed by atoms with Crippen LogP contribution in [0.3, 0.4) is 0 Å². The molecule has 1 aromatic heterocycles. The lowest BCUT2D eigenvalue weighted by Gasteiger charge is -2.23. The minimum Gasteiger partial charge on any atom is -0.490 e. The van der Waals surface area contributed by atoms with Crippen molar-refractivity contribution in [2.75, 3.05) is 36.4 Å². The Morgan fingerprint density at radius 2 is 1.89 bits per heavy atom. The van der Waals surface area contributed by atoms with Gasteiger partial charge in [-0.25, -0.2) is 0 Å². The number of carbonyl (C=O) groups excluding carboxylic acids is 1. The summed E-state index contributed by atoms with van der Waals surface area (Å²) >= 11 is 0. The topological polar surface area (TPSA) is 79.4 Å². The van der Waals surface area contributed by atoms with Crippen LogP contribution in [-0.4, -0.2) is 48.4 Å². The van der Waals surface area contributed by atoms with Crippen LogP contribution < -0.4 is 20.3 Å². The van der Waals surface area contributed by atoms with E-state index >= 15 is 0 Å². The fourth-order valence-corrected chi connectivity index (χ4v) is 3.71. The summed E-state index contributed by atoms with van der Waals surface area (Å²) in [6.07, 6.45) is 3.15. The fourth-order valence-electron chi connectivity index (χ4n) is 3.71. The van der Waals surface area contributed by atoms with Crippen molar-refractivity contribution in [2.45, 2.75) is 32.3 Å². The number of benzene rings is 1. The van der Waals surface area contributed by atoms with Gasteiger partial charge in [-0.15, -0.1) is 5.10 Å². The first-order valence-corrected chi connectivity index (χ1v) is 10.0. The van der Waals surface area contributed by atoms with Crippen molar-refractivity contribution in [3.63, 3.8) is 0 Å².